The van der Waals surface area contributed by atoms with Crippen LogP contribution in [0.3, 0.4) is 0 Å². The van der Waals surface area contributed by atoms with Crippen LogP contribution in [-0.4, -0.2) is 17.1 Å². The zero-order valence-corrected chi connectivity index (χ0v) is 12.1. The molecule has 1 aliphatic carbocycles. The Hall–Kier alpha value is -2.59. The number of benzene rings is 2. The highest BCUT2D eigenvalue weighted by Crippen LogP contribution is 2.39. The Morgan fingerprint density at radius 2 is 1.77 bits per heavy atom. The molecule has 1 saturated carbocycles. The van der Waals surface area contributed by atoms with Gasteiger partial charge < -0.3 is 16.2 Å². The fourth-order valence-corrected chi connectivity index (χ4v) is 2.35. The van der Waals surface area contributed by atoms with E-state index in [0.717, 1.165) is 17.7 Å². The van der Waals surface area contributed by atoms with Crippen LogP contribution in [-0.2, 0) is 4.79 Å². The fraction of sp³-hybridized carbons (Fsp3) is 0.167. The number of hydrogen-bond donors (Lipinski definition) is 3. The summed E-state index contributed by atoms with van der Waals surface area (Å²) in [4.78, 5) is 11.9. The van der Waals surface area contributed by atoms with Crippen molar-refractivity contribution in [3.05, 3.63) is 65.7 Å². The molecule has 112 valence electrons. The summed E-state index contributed by atoms with van der Waals surface area (Å²) in [5, 5.41) is 12.0. The number of aromatic hydroxyl groups is 1. The zero-order valence-electron chi connectivity index (χ0n) is 12.1. The monoisotopic (exact) mass is 294 g/mol. The summed E-state index contributed by atoms with van der Waals surface area (Å²) in [6.45, 7) is 0. The van der Waals surface area contributed by atoms with Crippen LogP contribution < -0.4 is 11.1 Å². The van der Waals surface area contributed by atoms with Crippen molar-refractivity contribution >= 4 is 17.7 Å². The molecule has 0 heterocycles. The Kier molecular flexibility index (Phi) is 3.94. The number of nitrogens with one attached hydrogen (secondary N) is 1. The molecule has 0 saturated heterocycles. The fourth-order valence-electron chi connectivity index (χ4n) is 2.35. The molecule has 2 aromatic carbocycles. The molecule has 1 amide bonds. The van der Waals surface area contributed by atoms with Crippen LogP contribution in [0.4, 0.5) is 5.69 Å². The Morgan fingerprint density at radius 3 is 2.36 bits per heavy atom. The van der Waals surface area contributed by atoms with E-state index < -0.39 is 0 Å². The lowest BCUT2D eigenvalue weighted by atomic mass is 10.1. The van der Waals surface area contributed by atoms with E-state index in [-0.39, 0.29) is 17.7 Å². The van der Waals surface area contributed by atoms with Crippen molar-refractivity contribution in [2.75, 3.05) is 5.32 Å². The lowest BCUT2D eigenvalue weighted by Gasteiger charge is -2.04. The van der Waals surface area contributed by atoms with E-state index in [1.165, 1.54) is 11.6 Å². The van der Waals surface area contributed by atoms with Gasteiger partial charge in [-0.1, -0.05) is 24.3 Å². The molecule has 0 bridgehead atoms. The standard InChI is InChI=1S/C18H18N2O2/c19-17-11-16(17)13-4-6-14(7-5-13)20-18(22)10-3-12-1-8-15(21)9-2-12/h1-10,16-17,21H,11,19H2,(H,20,22)/b10-3+. The summed E-state index contributed by atoms with van der Waals surface area (Å²) in [5.74, 6) is 0.486. The van der Waals surface area contributed by atoms with Crippen LogP contribution in [0.25, 0.3) is 6.08 Å². The topological polar surface area (TPSA) is 75.3 Å². The molecule has 3 rings (SSSR count). The first-order chi connectivity index (χ1) is 10.6. The molecule has 0 radical (unpaired) electrons. The average molecular weight is 294 g/mol. The second kappa shape index (κ2) is 6.03. The highest BCUT2D eigenvalue weighted by atomic mass is 16.3. The van der Waals surface area contributed by atoms with E-state index in [1.54, 1.807) is 30.3 Å². The Balaban J connectivity index is 1.58. The summed E-state index contributed by atoms with van der Waals surface area (Å²) >= 11 is 0. The Bertz CT molecular complexity index is 690. The molecule has 1 aliphatic rings. The predicted octanol–water partition coefficient (Wildman–Crippen LogP) is 2.86. The molecule has 0 aromatic heterocycles. The van der Waals surface area contributed by atoms with Crippen molar-refractivity contribution in [3.63, 3.8) is 0 Å². The molecule has 4 heteroatoms. The minimum Gasteiger partial charge on any atom is -0.508 e. The average Bonchev–Trinajstić information content (AvgIpc) is 3.24. The summed E-state index contributed by atoms with van der Waals surface area (Å²) < 4.78 is 0. The quantitative estimate of drug-likeness (QED) is 0.759. The number of anilines is 1. The Morgan fingerprint density at radius 1 is 1.14 bits per heavy atom. The lowest BCUT2D eigenvalue weighted by Crippen LogP contribution is -2.07. The highest BCUT2D eigenvalue weighted by Gasteiger charge is 2.34. The van der Waals surface area contributed by atoms with Crippen LogP contribution >= 0.6 is 0 Å². The van der Waals surface area contributed by atoms with Gasteiger partial charge in [-0.2, -0.15) is 0 Å². The van der Waals surface area contributed by atoms with Gasteiger partial charge in [0.2, 0.25) is 5.91 Å². The predicted molar refractivity (Wildman–Crippen MR) is 87.5 cm³/mol. The van der Waals surface area contributed by atoms with Crippen molar-refractivity contribution in [1.82, 2.24) is 0 Å². The van der Waals surface area contributed by atoms with Crippen molar-refractivity contribution < 1.29 is 9.90 Å². The van der Waals surface area contributed by atoms with E-state index in [2.05, 4.69) is 5.32 Å². The van der Waals surface area contributed by atoms with E-state index in [9.17, 15) is 9.90 Å². The number of nitrogens with two attached hydrogens (primary N) is 1. The normalized spacial score (nSPS) is 20.0. The van der Waals surface area contributed by atoms with Crippen molar-refractivity contribution in [2.45, 2.75) is 18.4 Å². The third-order valence-corrected chi connectivity index (χ3v) is 3.77. The number of hydrogen-bond acceptors (Lipinski definition) is 3. The summed E-state index contributed by atoms with van der Waals surface area (Å²) in [7, 11) is 0. The first kappa shape index (κ1) is 14.4. The molecule has 0 aliphatic heterocycles. The second-order valence-electron chi connectivity index (χ2n) is 5.54. The maximum absolute atomic E-state index is 11.9. The minimum atomic E-state index is -0.191. The lowest BCUT2D eigenvalue weighted by molar-refractivity contribution is -0.111. The first-order valence-corrected chi connectivity index (χ1v) is 7.25. The number of phenols is 1. The largest absolute Gasteiger partial charge is 0.508 e. The number of phenolic OH excluding ortho intramolecular Hbond substituents is 1. The summed E-state index contributed by atoms with van der Waals surface area (Å²) in [6.07, 6.45) is 4.21. The van der Waals surface area contributed by atoms with Gasteiger partial charge in [-0.3, -0.25) is 4.79 Å². The van der Waals surface area contributed by atoms with Gasteiger partial charge in [0.1, 0.15) is 5.75 Å². The molecule has 22 heavy (non-hydrogen) atoms. The molecular weight excluding hydrogens is 276 g/mol. The SMILES string of the molecule is NC1CC1c1ccc(NC(=O)/C=C/c2ccc(O)cc2)cc1. The molecule has 2 aromatic rings. The van der Waals surface area contributed by atoms with Gasteiger partial charge in [-0.15, -0.1) is 0 Å². The molecule has 4 nitrogen and oxygen atoms in total. The van der Waals surface area contributed by atoms with Crippen LogP contribution in [0, 0.1) is 0 Å². The van der Waals surface area contributed by atoms with Gasteiger partial charge >= 0.3 is 0 Å². The first-order valence-electron chi connectivity index (χ1n) is 7.25. The van der Waals surface area contributed by atoms with Gasteiger partial charge in [0, 0.05) is 23.7 Å². The second-order valence-corrected chi connectivity index (χ2v) is 5.54. The highest BCUT2D eigenvalue weighted by molar-refractivity contribution is 6.01. The van der Waals surface area contributed by atoms with Gasteiger partial charge in [-0.25, -0.2) is 0 Å². The van der Waals surface area contributed by atoms with Crippen molar-refractivity contribution in [1.29, 1.82) is 0 Å². The number of rotatable bonds is 4. The van der Waals surface area contributed by atoms with Gasteiger partial charge in [-0.05, 0) is 47.9 Å². The molecule has 2 atom stereocenters. The van der Waals surface area contributed by atoms with Crippen LogP contribution in [0.2, 0.25) is 0 Å². The van der Waals surface area contributed by atoms with E-state index in [1.807, 2.05) is 24.3 Å². The van der Waals surface area contributed by atoms with Crippen LogP contribution in [0.5, 0.6) is 5.75 Å². The van der Waals surface area contributed by atoms with Crippen LogP contribution in [0.15, 0.2) is 54.6 Å². The van der Waals surface area contributed by atoms with E-state index in [4.69, 9.17) is 5.73 Å². The summed E-state index contributed by atoms with van der Waals surface area (Å²) in [5.41, 5.74) is 8.67. The minimum absolute atomic E-state index is 0.191. The van der Waals surface area contributed by atoms with Gasteiger partial charge in [0.15, 0.2) is 0 Å². The number of carbonyl (C=O) groups is 1. The third-order valence-electron chi connectivity index (χ3n) is 3.77. The van der Waals surface area contributed by atoms with Crippen LogP contribution in [0.1, 0.15) is 23.5 Å². The molecule has 0 spiro atoms. The van der Waals surface area contributed by atoms with Crippen molar-refractivity contribution in [2.24, 2.45) is 5.73 Å². The Labute approximate surface area is 129 Å². The van der Waals surface area contributed by atoms with E-state index >= 15 is 0 Å². The van der Waals surface area contributed by atoms with Crippen molar-refractivity contribution in [3.8, 4) is 5.75 Å². The summed E-state index contributed by atoms with van der Waals surface area (Å²) in [6, 6.07) is 14.7. The zero-order chi connectivity index (χ0) is 15.5. The number of carbonyl (C=O) groups excluding carboxylic acids is 1. The maximum Gasteiger partial charge on any atom is 0.248 e. The van der Waals surface area contributed by atoms with Gasteiger partial charge in [0.05, 0.1) is 0 Å². The number of amides is 1. The molecule has 2 unspecified atom stereocenters. The molecule has 4 N–H and O–H groups in total. The molecular formula is C18H18N2O2. The molecule has 1 fully saturated rings. The van der Waals surface area contributed by atoms with E-state index in [0.29, 0.717) is 5.92 Å². The smallest absolute Gasteiger partial charge is 0.248 e. The third kappa shape index (κ3) is 3.54. The maximum atomic E-state index is 11.9. The van der Waals surface area contributed by atoms with Gasteiger partial charge in [0.25, 0.3) is 0 Å².